The van der Waals surface area contributed by atoms with Gasteiger partial charge in [-0.05, 0) is 55.7 Å². The Morgan fingerprint density at radius 1 is 1.05 bits per heavy atom. The van der Waals surface area contributed by atoms with Gasteiger partial charge in [0, 0.05) is 21.8 Å². The van der Waals surface area contributed by atoms with Crippen molar-refractivity contribution in [2.75, 3.05) is 5.32 Å². The molecule has 3 heteroatoms. The lowest BCUT2D eigenvalue weighted by Crippen LogP contribution is -2.18. The molecule has 0 heterocycles. The quantitative estimate of drug-likeness (QED) is 0.802. The molecule has 0 saturated carbocycles. The van der Waals surface area contributed by atoms with Crippen LogP contribution >= 0.6 is 23.2 Å². The number of hydrogen-bond acceptors (Lipinski definition) is 1. The smallest absolute Gasteiger partial charge is 0.0455 e. The fourth-order valence-corrected chi connectivity index (χ4v) is 2.30. The lowest BCUT2D eigenvalue weighted by Gasteiger charge is -2.16. The highest BCUT2D eigenvalue weighted by atomic mass is 35.5. The summed E-state index contributed by atoms with van der Waals surface area (Å²) in [5, 5.41) is 5.02. The molecule has 1 atom stereocenters. The summed E-state index contributed by atoms with van der Waals surface area (Å²) in [6.45, 7) is 4.16. The van der Waals surface area contributed by atoms with Crippen LogP contribution in [0.5, 0.6) is 0 Å². The second-order valence-corrected chi connectivity index (χ2v) is 5.68. The lowest BCUT2D eigenvalue weighted by molar-refractivity contribution is 0.790. The van der Waals surface area contributed by atoms with Crippen LogP contribution in [0.25, 0.3) is 0 Å². The van der Waals surface area contributed by atoms with Gasteiger partial charge in [0.2, 0.25) is 0 Å². The summed E-state index contributed by atoms with van der Waals surface area (Å²) in [4.78, 5) is 0. The summed E-state index contributed by atoms with van der Waals surface area (Å²) < 4.78 is 0. The normalized spacial score (nSPS) is 12.2. The predicted octanol–water partition coefficient (Wildman–Crippen LogP) is 5.34. The van der Waals surface area contributed by atoms with Crippen molar-refractivity contribution >= 4 is 28.9 Å². The van der Waals surface area contributed by atoms with Gasteiger partial charge < -0.3 is 5.32 Å². The van der Waals surface area contributed by atoms with Crippen LogP contribution in [-0.4, -0.2) is 6.04 Å². The summed E-state index contributed by atoms with van der Waals surface area (Å²) in [6, 6.07) is 14.3. The largest absolute Gasteiger partial charge is 0.382 e. The Morgan fingerprint density at radius 3 is 2.37 bits per heavy atom. The number of benzene rings is 2. The van der Waals surface area contributed by atoms with Crippen molar-refractivity contribution < 1.29 is 0 Å². The Labute approximate surface area is 124 Å². The summed E-state index contributed by atoms with van der Waals surface area (Å²) in [7, 11) is 0. The van der Waals surface area contributed by atoms with E-state index in [0.29, 0.717) is 6.04 Å². The maximum absolute atomic E-state index is 6.12. The van der Waals surface area contributed by atoms with Crippen molar-refractivity contribution in [1.82, 2.24) is 0 Å². The molecule has 0 bridgehead atoms. The van der Waals surface area contributed by atoms with Gasteiger partial charge in [0.05, 0.1) is 0 Å². The molecule has 1 nitrogen and oxygen atoms in total. The maximum Gasteiger partial charge on any atom is 0.0455 e. The van der Waals surface area contributed by atoms with Crippen molar-refractivity contribution in [3.05, 3.63) is 63.6 Å². The Balaban J connectivity index is 1.98. The van der Waals surface area contributed by atoms with Crippen molar-refractivity contribution in [3.8, 4) is 0 Å². The lowest BCUT2D eigenvalue weighted by atomic mass is 10.1. The van der Waals surface area contributed by atoms with Gasteiger partial charge >= 0.3 is 0 Å². The van der Waals surface area contributed by atoms with Crippen LogP contribution in [0.15, 0.2) is 42.5 Å². The molecule has 100 valence electrons. The van der Waals surface area contributed by atoms with E-state index in [4.69, 9.17) is 23.2 Å². The van der Waals surface area contributed by atoms with Gasteiger partial charge in [0.25, 0.3) is 0 Å². The van der Waals surface area contributed by atoms with Gasteiger partial charge in [-0.15, -0.1) is 0 Å². The average molecular weight is 294 g/mol. The SMILES string of the molecule is Cc1ccc(NC(C)Cc2ccc(Cl)cc2)cc1Cl. The molecule has 1 N–H and O–H groups in total. The predicted molar refractivity (Wildman–Crippen MR) is 84.4 cm³/mol. The number of anilines is 1. The molecule has 0 radical (unpaired) electrons. The van der Waals surface area contributed by atoms with E-state index in [-0.39, 0.29) is 0 Å². The molecular weight excluding hydrogens is 277 g/mol. The van der Waals surface area contributed by atoms with E-state index in [2.05, 4.69) is 30.4 Å². The molecule has 0 amide bonds. The molecule has 0 aliphatic rings. The van der Waals surface area contributed by atoms with Crippen molar-refractivity contribution in [3.63, 3.8) is 0 Å². The zero-order valence-electron chi connectivity index (χ0n) is 11.1. The van der Waals surface area contributed by atoms with Crippen LogP contribution < -0.4 is 5.32 Å². The van der Waals surface area contributed by atoms with E-state index in [1.54, 1.807) is 0 Å². The average Bonchev–Trinajstić information content (AvgIpc) is 2.37. The first-order valence-corrected chi connectivity index (χ1v) is 7.07. The van der Waals surface area contributed by atoms with Crippen molar-refractivity contribution in [2.24, 2.45) is 0 Å². The Kier molecular flexibility index (Phi) is 4.73. The monoisotopic (exact) mass is 293 g/mol. The first kappa shape index (κ1) is 14.2. The molecule has 19 heavy (non-hydrogen) atoms. The van der Waals surface area contributed by atoms with Crippen molar-refractivity contribution in [1.29, 1.82) is 0 Å². The van der Waals surface area contributed by atoms with Crippen LogP contribution in [0.4, 0.5) is 5.69 Å². The summed E-state index contributed by atoms with van der Waals surface area (Å²) in [5.74, 6) is 0. The van der Waals surface area contributed by atoms with Gasteiger partial charge in [0.15, 0.2) is 0 Å². The van der Waals surface area contributed by atoms with E-state index in [1.807, 2.05) is 31.2 Å². The van der Waals surface area contributed by atoms with Crippen LogP contribution in [0.3, 0.4) is 0 Å². The molecule has 1 unspecified atom stereocenters. The second-order valence-electron chi connectivity index (χ2n) is 4.84. The zero-order chi connectivity index (χ0) is 13.8. The standard InChI is InChI=1S/C16H17Cl2N/c1-11-3-8-15(10-16(11)18)19-12(2)9-13-4-6-14(17)7-5-13/h3-8,10,12,19H,9H2,1-2H3. The van der Waals surface area contributed by atoms with E-state index < -0.39 is 0 Å². The fourth-order valence-electron chi connectivity index (χ4n) is 1.99. The number of hydrogen-bond donors (Lipinski definition) is 1. The van der Waals surface area contributed by atoms with Gasteiger partial charge in [0.1, 0.15) is 0 Å². The van der Waals surface area contributed by atoms with Gasteiger partial charge in [-0.3, -0.25) is 0 Å². The highest BCUT2D eigenvalue weighted by Crippen LogP contribution is 2.21. The molecule has 0 fully saturated rings. The minimum absolute atomic E-state index is 0.333. The minimum Gasteiger partial charge on any atom is -0.382 e. The Hall–Kier alpha value is -1.18. The summed E-state index contributed by atoms with van der Waals surface area (Å²) >= 11 is 12.0. The van der Waals surface area contributed by atoms with Gasteiger partial charge in [-0.2, -0.15) is 0 Å². The first-order valence-electron chi connectivity index (χ1n) is 6.32. The highest BCUT2D eigenvalue weighted by molar-refractivity contribution is 6.31. The molecule has 0 aliphatic heterocycles. The van der Waals surface area contributed by atoms with Gasteiger partial charge in [-0.1, -0.05) is 41.4 Å². The van der Waals surface area contributed by atoms with Gasteiger partial charge in [-0.25, -0.2) is 0 Å². The maximum atomic E-state index is 6.12. The number of rotatable bonds is 4. The summed E-state index contributed by atoms with van der Waals surface area (Å²) in [6.07, 6.45) is 0.947. The first-order chi connectivity index (χ1) is 9.04. The fraction of sp³-hybridized carbons (Fsp3) is 0.250. The molecule has 0 spiro atoms. The number of nitrogens with one attached hydrogen (secondary N) is 1. The Morgan fingerprint density at radius 2 is 1.74 bits per heavy atom. The molecular formula is C16H17Cl2N. The third kappa shape index (κ3) is 4.15. The molecule has 0 saturated heterocycles. The topological polar surface area (TPSA) is 12.0 Å². The summed E-state index contributed by atoms with van der Waals surface area (Å²) in [5.41, 5.74) is 3.41. The molecule has 0 aromatic heterocycles. The third-order valence-electron chi connectivity index (χ3n) is 3.04. The molecule has 2 rings (SSSR count). The zero-order valence-corrected chi connectivity index (χ0v) is 12.6. The number of aryl methyl sites for hydroxylation is 1. The Bertz CT molecular complexity index is 549. The molecule has 2 aromatic rings. The van der Waals surface area contributed by atoms with Crippen molar-refractivity contribution in [2.45, 2.75) is 26.3 Å². The van der Waals surface area contributed by atoms with Crippen LogP contribution in [0.1, 0.15) is 18.1 Å². The van der Waals surface area contributed by atoms with Crippen LogP contribution in [0.2, 0.25) is 10.0 Å². The third-order valence-corrected chi connectivity index (χ3v) is 3.70. The van der Waals surface area contributed by atoms with E-state index >= 15 is 0 Å². The minimum atomic E-state index is 0.333. The second kappa shape index (κ2) is 6.31. The van der Waals surface area contributed by atoms with Crippen LogP contribution in [-0.2, 0) is 6.42 Å². The highest BCUT2D eigenvalue weighted by Gasteiger charge is 2.05. The van der Waals surface area contributed by atoms with E-state index in [9.17, 15) is 0 Å². The van der Waals surface area contributed by atoms with Crippen LogP contribution in [0, 0.1) is 6.92 Å². The number of halogens is 2. The van der Waals surface area contributed by atoms with E-state index in [0.717, 1.165) is 27.7 Å². The molecule has 2 aromatic carbocycles. The van der Waals surface area contributed by atoms with E-state index in [1.165, 1.54) is 5.56 Å². The molecule has 0 aliphatic carbocycles.